The summed E-state index contributed by atoms with van der Waals surface area (Å²) in [6.45, 7) is 3.61. The highest BCUT2D eigenvalue weighted by atomic mass is 35.5. The molecular weight excluding hydrogens is 362 g/mol. The molecule has 1 atom stereocenters. The van der Waals surface area contributed by atoms with Gasteiger partial charge in [-0.1, -0.05) is 47.7 Å². The second-order valence-electron chi connectivity index (χ2n) is 6.51. The number of aromatic nitrogens is 3. The largest absolute Gasteiger partial charge is 0.347 e. The van der Waals surface area contributed by atoms with Crippen LogP contribution in [0.3, 0.4) is 0 Å². The van der Waals surface area contributed by atoms with Crippen LogP contribution < -0.4 is 10.6 Å². The van der Waals surface area contributed by atoms with Crippen LogP contribution >= 0.6 is 12.4 Å². The summed E-state index contributed by atoms with van der Waals surface area (Å²) in [7, 11) is 0. The van der Waals surface area contributed by atoms with Gasteiger partial charge in [0.05, 0.1) is 11.4 Å². The van der Waals surface area contributed by atoms with E-state index in [9.17, 15) is 4.79 Å². The first-order valence-corrected chi connectivity index (χ1v) is 8.82. The number of carbonyl (C=O) groups is 1. The van der Waals surface area contributed by atoms with E-state index in [1.807, 2.05) is 37.3 Å². The Balaban J connectivity index is 0.00000210. The Hall–Kier alpha value is -2.70. The van der Waals surface area contributed by atoms with Gasteiger partial charge < -0.3 is 10.6 Å². The van der Waals surface area contributed by atoms with Gasteiger partial charge in [-0.05, 0) is 43.1 Å². The maximum absolute atomic E-state index is 12.5. The molecule has 27 heavy (non-hydrogen) atoms. The van der Waals surface area contributed by atoms with Crippen LogP contribution in [0.15, 0.2) is 54.6 Å². The molecule has 2 aromatic carbocycles. The average Bonchev–Trinajstić information content (AvgIpc) is 3.32. The van der Waals surface area contributed by atoms with E-state index in [1.54, 1.807) is 4.68 Å². The van der Waals surface area contributed by atoms with Crippen LogP contribution in [0.2, 0.25) is 0 Å². The van der Waals surface area contributed by atoms with Crippen molar-refractivity contribution in [3.8, 4) is 16.8 Å². The molecule has 1 saturated heterocycles. The third kappa shape index (κ3) is 4.02. The minimum Gasteiger partial charge on any atom is -0.347 e. The van der Waals surface area contributed by atoms with Gasteiger partial charge in [-0.3, -0.25) is 4.79 Å². The van der Waals surface area contributed by atoms with Crippen molar-refractivity contribution in [1.29, 1.82) is 0 Å². The standard InChI is InChI=1S/C20H21N5O.ClH/c1-14-19(20(26)22-17-11-12-21-13-17)23-24-25(14)18-9-7-16(8-10-18)15-5-3-2-4-6-15;/h2-10,17,21H,11-13H2,1H3,(H,22,26);1H. The monoisotopic (exact) mass is 383 g/mol. The van der Waals surface area contributed by atoms with E-state index >= 15 is 0 Å². The number of benzene rings is 2. The average molecular weight is 384 g/mol. The van der Waals surface area contributed by atoms with Crippen LogP contribution in [-0.2, 0) is 0 Å². The third-order valence-corrected chi connectivity index (χ3v) is 4.72. The number of nitrogens with one attached hydrogen (secondary N) is 2. The molecule has 0 bridgehead atoms. The lowest BCUT2D eigenvalue weighted by atomic mass is 10.1. The van der Waals surface area contributed by atoms with Crippen LogP contribution in [0.25, 0.3) is 16.8 Å². The van der Waals surface area contributed by atoms with Gasteiger partial charge in [-0.2, -0.15) is 0 Å². The molecule has 2 heterocycles. The Morgan fingerprint density at radius 2 is 1.81 bits per heavy atom. The SMILES string of the molecule is Cc1c(C(=O)NC2CCNC2)nnn1-c1ccc(-c2ccccc2)cc1.Cl. The summed E-state index contributed by atoms with van der Waals surface area (Å²) in [5.41, 5.74) is 4.31. The van der Waals surface area contributed by atoms with Crippen LogP contribution in [0.5, 0.6) is 0 Å². The van der Waals surface area contributed by atoms with Crippen molar-refractivity contribution in [3.63, 3.8) is 0 Å². The van der Waals surface area contributed by atoms with E-state index < -0.39 is 0 Å². The first-order valence-electron chi connectivity index (χ1n) is 8.82. The van der Waals surface area contributed by atoms with E-state index in [2.05, 4.69) is 45.2 Å². The molecule has 1 fully saturated rings. The fourth-order valence-corrected chi connectivity index (χ4v) is 3.24. The predicted octanol–water partition coefficient (Wildman–Crippen LogP) is 2.76. The smallest absolute Gasteiger partial charge is 0.274 e. The summed E-state index contributed by atoms with van der Waals surface area (Å²) in [5.74, 6) is -0.164. The Labute approximate surface area is 164 Å². The normalized spacial score (nSPS) is 16.0. The van der Waals surface area contributed by atoms with Gasteiger partial charge in [-0.25, -0.2) is 4.68 Å². The number of nitrogens with zero attached hydrogens (tertiary/aromatic N) is 3. The summed E-state index contributed by atoms with van der Waals surface area (Å²) < 4.78 is 1.70. The molecule has 0 saturated carbocycles. The van der Waals surface area contributed by atoms with E-state index in [-0.39, 0.29) is 24.4 Å². The van der Waals surface area contributed by atoms with Gasteiger partial charge in [0.1, 0.15) is 0 Å². The molecule has 1 aromatic heterocycles. The molecule has 1 aliphatic heterocycles. The van der Waals surface area contributed by atoms with Gasteiger partial charge in [0.2, 0.25) is 0 Å². The van der Waals surface area contributed by atoms with E-state index in [1.165, 1.54) is 5.56 Å². The summed E-state index contributed by atoms with van der Waals surface area (Å²) in [4.78, 5) is 12.5. The number of hydrogen-bond acceptors (Lipinski definition) is 4. The first kappa shape index (κ1) is 19.1. The summed E-state index contributed by atoms with van der Waals surface area (Å²) in [6, 6.07) is 18.5. The van der Waals surface area contributed by atoms with Gasteiger partial charge in [0.15, 0.2) is 5.69 Å². The lowest BCUT2D eigenvalue weighted by Gasteiger charge is -2.10. The second kappa shape index (κ2) is 8.33. The number of carbonyl (C=O) groups excluding carboxylic acids is 1. The molecule has 1 aliphatic rings. The molecule has 0 spiro atoms. The quantitative estimate of drug-likeness (QED) is 0.726. The molecule has 4 rings (SSSR count). The molecular formula is C20H22ClN5O. The van der Waals surface area contributed by atoms with Crippen molar-refractivity contribution in [2.75, 3.05) is 13.1 Å². The summed E-state index contributed by atoms with van der Waals surface area (Å²) in [6.07, 6.45) is 0.944. The number of rotatable bonds is 4. The van der Waals surface area contributed by atoms with Crippen molar-refractivity contribution in [3.05, 3.63) is 66.0 Å². The highest BCUT2D eigenvalue weighted by molar-refractivity contribution is 5.93. The molecule has 1 unspecified atom stereocenters. The lowest BCUT2D eigenvalue weighted by molar-refractivity contribution is 0.0934. The van der Waals surface area contributed by atoms with Gasteiger partial charge in [0, 0.05) is 12.6 Å². The summed E-state index contributed by atoms with van der Waals surface area (Å²) in [5, 5.41) is 14.5. The maximum atomic E-state index is 12.5. The lowest BCUT2D eigenvalue weighted by Crippen LogP contribution is -2.36. The van der Waals surface area contributed by atoms with Gasteiger partial charge in [0.25, 0.3) is 5.91 Å². The van der Waals surface area contributed by atoms with Crippen molar-refractivity contribution < 1.29 is 4.79 Å². The predicted molar refractivity (Wildman–Crippen MR) is 108 cm³/mol. The Bertz CT molecular complexity index is 902. The highest BCUT2D eigenvalue weighted by Crippen LogP contribution is 2.21. The van der Waals surface area contributed by atoms with Gasteiger partial charge >= 0.3 is 0 Å². The van der Waals surface area contributed by atoms with Crippen LogP contribution in [0, 0.1) is 6.92 Å². The van der Waals surface area contributed by atoms with Crippen molar-refractivity contribution >= 4 is 18.3 Å². The van der Waals surface area contributed by atoms with Crippen LogP contribution in [0.4, 0.5) is 0 Å². The minimum absolute atomic E-state index is 0. The zero-order valence-corrected chi connectivity index (χ0v) is 15.9. The minimum atomic E-state index is -0.164. The first-order chi connectivity index (χ1) is 12.7. The Morgan fingerprint density at radius 3 is 2.48 bits per heavy atom. The summed E-state index contributed by atoms with van der Waals surface area (Å²) >= 11 is 0. The fraction of sp³-hybridized carbons (Fsp3) is 0.250. The molecule has 2 N–H and O–H groups in total. The van der Waals surface area contributed by atoms with E-state index in [4.69, 9.17) is 0 Å². The van der Waals surface area contributed by atoms with Crippen molar-refractivity contribution in [1.82, 2.24) is 25.6 Å². The van der Waals surface area contributed by atoms with Crippen molar-refractivity contribution in [2.45, 2.75) is 19.4 Å². The second-order valence-corrected chi connectivity index (χ2v) is 6.51. The van der Waals surface area contributed by atoms with Gasteiger partial charge in [-0.15, -0.1) is 17.5 Å². The molecule has 140 valence electrons. The van der Waals surface area contributed by atoms with E-state index in [0.717, 1.165) is 36.5 Å². The molecule has 3 aromatic rings. The maximum Gasteiger partial charge on any atom is 0.274 e. The number of amides is 1. The molecule has 6 nitrogen and oxygen atoms in total. The molecule has 7 heteroatoms. The zero-order chi connectivity index (χ0) is 17.9. The fourth-order valence-electron chi connectivity index (χ4n) is 3.24. The molecule has 1 amide bonds. The van der Waals surface area contributed by atoms with E-state index in [0.29, 0.717) is 5.69 Å². The number of halogens is 1. The Kier molecular flexibility index (Phi) is 5.88. The highest BCUT2D eigenvalue weighted by Gasteiger charge is 2.22. The molecule has 0 aliphatic carbocycles. The number of hydrogen-bond donors (Lipinski definition) is 2. The van der Waals surface area contributed by atoms with Crippen molar-refractivity contribution in [2.24, 2.45) is 0 Å². The topological polar surface area (TPSA) is 71.8 Å². The molecule has 0 radical (unpaired) electrons. The van der Waals surface area contributed by atoms with Crippen LogP contribution in [-0.4, -0.2) is 40.0 Å². The third-order valence-electron chi connectivity index (χ3n) is 4.72. The Morgan fingerprint density at radius 1 is 1.11 bits per heavy atom. The van der Waals surface area contributed by atoms with Crippen LogP contribution in [0.1, 0.15) is 22.6 Å². The zero-order valence-electron chi connectivity index (χ0n) is 15.1.